The van der Waals surface area contributed by atoms with Crippen LogP contribution in [0, 0.1) is 11.3 Å². The van der Waals surface area contributed by atoms with E-state index in [2.05, 4.69) is 26.7 Å². The number of nitriles is 1. The number of nitrogens with one attached hydrogen (secondary N) is 2. The number of hydrogen-bond acceptors (Lipinski definition) is 8. The van der Waals surface area contributed by atoms with Crippen LogP contribution in [0.25, 0.3) is 0 Å². The van der Waals surface area contributed by atoms with Gasteiger partial charge in [0.15, 0.2) is 0 Å². The van der Waals surface area contributed by atoms with E-state index in [1.54, 1.807) is 38.1 Å². The van der Waals surface area contributed by atoms with Gasteiger partial charge in [0.1, 0.15) is 17.5 Å². The Morgan fingerprint density at radius 1 is 1.06 bits per heavy atom. The first kappa shape index (κ1) is 24.4. The molecule has 1 aliphatic heterocycles. The molecule has 0 unspecified atom stereocenters. The molecule has 0 spiro atoms. The third-order valence-corrected chi connectivity index (χ3v) is 8.50. The van der Waals surface area contributed by atoms with Gasteiger partial charge in [0, 0.05) is 25.2 Å². The van der Waals surface area contributed by atoms with Gasteiger partial charge in [0.05, 0.1) is 16.7 Å². The molecule has 0 atom stereocenters. The summed E-state index contributed by atoms with van der Waals surface area (Å²) in [5, 5.41) is 26.2. The van der Waals surface area contributed by atoms with Gasteiger partial charge in [-0.1, -0.05) is 25.0 Å². The van der Waals surface area contributed by atoms with Crippen molar-refractivity contribution in [2.24, 2.45) is 0 Å². The topological polar surface area (TPSA) is 131 Å². The standard InChI is InChI=1S/C24H32N6O3S/c1-24(2,31)18-7-9-21(10-8-18)34(32,33)30-13-11-20(12-14-30)28-23-26-16-17(15-25)22(29-23)27-19-5-3-4-6-19/h7-10,16,19-20,31H,3-6,11-14H2,1-2H3,(H2,26,27,28,29). The van der Waals surface area contributed by atoms with E-state index in [1.807, 2.05) is 0 Å². The number of nitrogens with zero attached hydrogens (tertiary/aromatic N) is 4. The van der Waals surface area contributed by atoms with Crippen molar-refractivity contribution < 1.29 is 13.5 Å². The highest BCUT2D eigenvalue weighted by Crippen LogP contribution is 2.27. The van der Waals surface area contributed by atoms with Gasteiger partial charge in [0.2, 0.25) is 16.0 Å². The first-order chi connectivity index (χ1) is 16.2. The molecule has 0 bridgehead atoms. The summed E-state index contributed by atoms with van der Waals surface area (Å²) in [5.74, 6) is 1.00. The minimum absolute atomic E-state index is 0.0382. The second-order valence-electron chi connectivity index (χ2n) is 9.60. The van der Waals surface area contributed by atoms with Gasteiger partial charge in [-0.25, -0.2) is 13.4 Å². The van der Waals surface area contributed by atoms with E-state index in [-0.39, 0.29) is 10.9 Å². The lowest BCUT2D eigenvalue weighted by Gasteiger charge is -2.31. The number of piperidine rings is 1. The maximum atomic E-state index is 13.1. The number of hydrogen-bond donors (Lipinski definition) is 3. The van der Waals surface area contributed by atoms with E-state index in [4.69, 9.17) is 0 Å². The summed E-state index contributed by atoms with van der Waals surface area (Å²) >= 11 is 0. The van der Waals surface area contributed by atoms with E-state index in [1.165, 1.54) is 23.3 Å². The third kappa shape index (κ3) is 5.49. The van der Waals surface area contributed by atoms with Gasteiger partial charge in [-0.2, -0.15) is 14.6 Å². The highest BCUT2D eigenvalue weighted by molar-refractivity contribution is 7.89. The number of benzene rings is 1. The maximum Gasteiger partial charge on any atom is 0.243 e. The molecule has 2 fully saturated rings. The van der Waals surface area contributed by atoms with Gasteiger partial charge in [-0.15, -0.1) is 0 Å². The molecule has 3 N–H and O–H groups in total. The van der Waals surface area contributed by atoms with Gasteiger partial charge < -0.3 is 15.7 Å². The van der Waals surface area contributed by atoms with Crippen LogP contribution in [-0.4, -0.2) is 53.0 Å². The van der Waals surface area contributed by atoms with Crippen LogP contribution in [0.3, 0.4) is 0 Å². The lowest BCUT2D eigenvalue weighted by atomic mass is 9.99. The van der Waals surface area contributed by atoms with E-state index in [9.17, 15) is 18.8 Å². The Morgan fingerprint density at radius 2 is 1.68 bits per heavy atom. The highest BCUT2D eigenvalue weighted by atomic mass is 32.2. The van der Waals surface area contributed by atoms with E-state index in [0.717, 1.165) is 12.8 Å². The fourth-order valence-electron chi connectivity index (χ4n) is 4.51. The monoisotopic (exact) mass is 484 g/mol. The smallest absolute Gasteiger partial charge is 0.243 e. The minimum atomic E-state index is -3.60. The normalized spacial score (nSPS) is 18.5. The zero-order chi connectivity index (χ0) is 24.3. The fraction of sp³-hybridized carbons (Fsp3) is 0.542. The molecule has 9 nitrogen and oxygen atoms in total. The summed E-state index contributed by atoms with van der Waals surface area (Å²) in [4.78, 5) is 9.05. The van der Waals surface area contributed by atoms with Crippen LogP contribution in [0.1, 0.15) is 63.5 Å². The Labute approximate surface area is 201 Å². The number of rotatable bonds is 7. The van der Waals surface area contributed by atoms with Crippen molar-refractivity contribution in [2.45, 2.75) is 75.0 Å². The second kappa shape index (κ2) is 9.86. The minimum Gasteiger partial charge on any atom is -0.386 e. The van der Waals surface area contributed by atoms with Gasteiger partial charge in [-0.05, 0) is 57.2 Å². The molecule has 1 aromatic carbocycles. The number of sulfonamides is 1. The largest absolute Gasteiger partial charge is 0.386 e. The van der Waals surface area contributed by atoms with Crippen LogP contribution in [0.5, 0.6) is 0 Å². The lowest BCUT2D eigenvalue weighted by Crippen LogP contribution is -2.42. The molecule has 1 saturated carbocycles. The van der Waals surface area contributed by atoms with Gasteiger partial charge >= 0.3 is 0 Å². The Balaban J connectivity index is 1.38. The lowest BCUT2D eigenvalue weighted by molar-refractivity contribution is 0.0785. The zero-order valence-electron chi connectivity index (χ0n) is 19.7. The van der Waals surface area contributed by atoms with E-state index >= 15 is 0 Å². The summed E-state index contributed by atoms with van der Waals surface area (Å²) in [5.41, 5.74) is 0.0688. The Hall–Kier alpha value is -2.74. The fourth-order valence-corrected chi connectivity index (χ4v) is 5.98. The number of aromatic nitrogens is 2. The Bertz CT molecular complexity index is 1140. The molecule has 2 heterocycles. The molecule has 1 aromatic heterocycles. The predicted octanol–water partition coefficient (Wildman–Crippen LogP) is 3.20. The Morgan fingerprint density at radius 3 is 2.26 bits per heavy atom. The van der Waals surface area contributed by atoms with E-state index in [0.29, 0.717) is 54.9 Å². The van der Waals surface area contributed by atoms with Crippen molar-refractivity contribution in [1.82, 2.24) is 14.3 Å². The van der Waals surface area contributed by atoms with Crippen molar-refractivity contribution in [2.75, 3.05) is 23.7 Å². The van der Waals surface area contributed by atoms with E-state index < -0.39 is 15.6 Å². The molecule has 0 amide bonds. The van der Waals surface area contributed by atoms with Crippen LogP contribution in [-0.2, 0) is 15.6 Å². The molecule has 10 heteroatoms. The molecular weight excluding hydrogens is 452 g/mol. The molecule has 0 radical (unpaired) electrons. The SMILES string of the molecule is CC(C)(O)c1ccc(S(=O)(=O)N2CCC(Nc3ncc(C#N)c(NC4CCCC4)n3)CC2)cc1. The van der Waals surface area contributed by atoms with Gasteiger partial charge in [-0.3, -0.25) is 0 Å². The first-order valence-corrected chi connectivity index (χ1v) is 13.2. The molecular formula is C24H32N6O3S. The highest BCUT2D eigenvalue weighted by Gasteiger charge is 2.30. The van der Waals surface area contributed by atoms with Crippen LogP contribution in [0.15, 0.2) is 35.4 Å². The maximum absolute atomic E-state index is 13.1. The first-order valence-electron chi connectivity index (χ1n) is 11.8. The molecule has 2 aliphatic rings. The van der Waals surface area contributed by atoms with Crippen LogP contribution < -0.4 is 10.6 Å². The van der Waals surface area contributed by atoms with Crippen molar-refractivity contribution >= 4 is 21.8 Å². The average molecular weight is 485 g/mol. The van der Waals surface area contributed by atoms with Crippen molar-refractivity contribution in [3.8, 4) is 6.07 Å². The summed E-state index contributed by atoms with van der Waals surface area (Å²) in [7, 11) is -3.60. The summed E-state index contributed by atoms with van der Waals surface area (Å²) in [6.07, 6.45) is 7.28. The molecule has 1 aliphatic carbocycles. The van der Waals surface area contributed by atoms with Gasteiger partial charge in [0.25, 0.3) is 0 Å². The summed E-state index contributed by atoms with van der Waals surface area (Å²) in [6.45, 7) is 4.10. The quantitative estimate of drug-likeness (QED) is 0.546. The molecule has 182 valence electrons. The number of anilines is 2. The van der Waals surface area contributed by atoms with Crippen LogP contribution in [0.4, 0.5) is 11.8 Å². The van der Waals surface area contributed by atoms with Crippen LogP contribution >= 0.6 is 0 Å². The van der Waals surface area contributed by atoms with Crippen molar-refractivity contribution in [3.05, 3.63) is 41.6 Å². The average Bonchev–Trinajstić information content (AvgIpc) is 3.32. The summed E-state index contributed by atoms with van der Waals surface area (Å²) < 4.78 is 27.6. The predicted molar refractivity (Wildman–Crippen MR) is 130 cm³/mol. The molecule has 1 saturated heterocycles. The van der Waals surface area contributed by atoms with Crippen molar-refractivity contribution in [1.29, 1.82) is 5.26 Å². The molecule has 4 rings (SSSR count). The molecule has 34 heavy (non-hydrogen) atoms. The second-order valence-corrected chi connectivity index (χ2v) is 11.5. The zero-order valence-corrected chi connectivity index (χ0v) is 20.5. The Kier molecular flexibility index (Phi) is 7.07. The number of aliphatic hydroxyl groups is 1. The molecule has 2 aromatic rings. The van der Waals surface area contributed by atoms with Crippen LogP contribution in [0.2, 0.25) is 0 Å². The third-order valence-electron chi connectivity index (χ3n) is 6.59. The summed E-state index contributed by atoms with van der Waals surface area (Å²) in [6, 6.07) is 8.93. The van der Waals surface area contributed by atoms with Crippen molar-refractivity contribution in [3.63, 3.8) is 0 Å².